The van der Waals surface area contributed by atoms with Gasteiger partial charge in [0.25, 0.3) is 5.91 Å². The minimum Gasteiger partial charge on any atom is -0.492 e. The fourth-order valence-corrected chi connectivity index (χ4v) is 3.57. The summed E-state index contributed by atoms with van der Waals surface area (Å²) < 4.78 is 7.55. The summed E-state index contributed by atoms with van der Waals surface area (Å²) in [6.07, 6.45) is 3.61. The summed E-state index contributed by atoms with van der Waals surface area (Å²) in [5.74, 6) is 1.39. The topological polar surface area (TPSA) is 71.8 Å². The molecule has 0 radical (unpaired) electrons. The van der Waals surface area contributed by atoms with Crippen molar-refractivity contribution in [3.05, 3.63) is 53.2 Å². The van der Waals surface area contributed by atoms with E-state index in [9.17, 15) is 4.79 Å². The van der Waals surface area contributed by atoms with Crippen molar-refractivity contribution in [2.75, 3.05) is 33.1 Å². The van der Waals surface area contributed by atoms with Crippen LogP contribution in [0.3, 0.4) is 0 Å². The lowest BCUT2D eigenvalue weighted by Crippen LogP contribution is -2.19. The van der Waals surface area contributed by atoms with Crippen LogP contribution in [0.25, 0.3) is 23.0 Å². The molecule has 1 aliphatic heterocycles. The number of fused-ring (bicyclic) bond motifs is 1. The first-order valence-corrected chi connectivity index (χ1v) is 9.94. The van der Waals surface area contributed by atoms with E-state index in [1.54, 1.807) is 16.8 Å². The van der Waals surface area contributed by atoms with Crippen molar-refractivity contribution in [3.63, 3.8) is 0 Å². The van der Waals surface area contributed by atoms with Crippen LogP contribution in [-0.2, 0) is 4.79 Å². The second-order valence-corrected chi connectivity index (χ2v) is 7.67. The van der Waals surface area contributed by atoms with Crippen LogP contribution >= 0.6 is 11.8 Å². The van der Waals surface area contributed by atoms with E-state index in [1.165, 1.54) is 11.8 Å². The van der Waals surface area contributed by atoms with Crippen LogP contribution in [0.5, 0.6) is 5.75 Å². The lowest BCUT2D eigenvalue weighted by atomic mass is 10.1. The molecule has 0 unspecified atom stereocenters. The Morgan fingerprint density at radius 3 is 2.79 bits per heavy atom. The number of benzene rings is 1. The SMILES string of the molecule is CN(C)CCOc1ccc(-c2cnc3ccc(/C=C4\SCNC4=O)nn23)cc1. The third-order valence-corrected chi connectivity index (χ3v) is 5.21. The summed E-state index contributed by atoms with van der Waals surface area (Å²) in [6.45, 7) is 1.51. The number of imidazole rings is 1. The molecule has 4 rings (SSSR count). The lowest BCUT2D eigenvalue weighted by Gasteiger charge is -2.11. The Labute approximate surface area is 167 Å². The summed E-state index contributed by atoms with van der Waals surface area (Å²) in [5.41, 5.74) is 3.36. The summed E-state index contributed by atoms with van der Waals surface area (Å²) >= 11 is 1.48. The molecule has 1 N–H and O–H groups in total. The molecule has 144 valence electrons. The zero-order valence-corrected chi connectivity index (χ0v) is 16.6. The zero-order valence-electron chi connectivity index (χ0n) is 15.8. The quantitative estimate of drug-likeness (QED) is 0.647. The van der Waals surface area contributed by atoms with Crippen molar-refractivity contribution in [3.8, 4) is 17.0 Å². The van der Waals surface area contributed by atoms with Gasteiger partial charge in [0.05, 0.1) is 28.4 Å². The zero-order chi connectivity index (χ0) is 19.5. The molecule has 0 bridgehead atoms. The number of nitrogens with one attached hydrogen (secondary N) is 1. The predicted octanol–water partition coefficient (Wildman–Crippen LogP) is 2.50. The van der Waals surface area contributed by atoms with Crippen LogP contribution in [0.1, 0.15) is 5.69 Å². The third-order valence-electron chi connectivity index (χ3n) is 4.30. The van der Waals surface area contributed by atoms with Crippen LogP contribution in [0.4, 0.5) is 0 Å². The Morgan fingerprint density at radius 1 is 1.25 bits per heavy atom. The number of amides is 1. The van der Waals surface area contributed by atoms with E-state index < -0.39 is 0 Å². The van der Waals surface area contributed by atoms with Gasteiger partial charge in [0.2, 0.25) is 0 Å². The molecule has 1 fully saturated rings. The lowest BCUT2D eigenvalue weighted by molar-refractivity contribution is -0.116. The number of rotatable bonds is 6. The molecule has 0 atom stereocenters. The van der Waals surface area contributed by atoms with E-state index in [4.69, 9.17) is 4.74 Å². The van der Waals surface area contributed by atoms with Gasteiger partial charge in [0.1, 0.15) is 12.4 Å². The molecular formula is C20H21N5O2S. The molecule has 2 aromatic heterocycles. The molecule has 0 spiro atoms. The number of hydrogen-bond acceptors (Lipinski definition) is 6. The number of carbonyl (C=O) groups excluding carboxylic acids is 1. The Kier molecular flexibility index (Phi) is 5.31. The molecule has 1 aliphatic rings. The van der Waals surface area contributed by atoms with Crippen LogP contribution in [-0.4, -0.2) is 58.5 Å². The highest BCUT2D eigenvalue weighted by Crippen LogP contribution is 2.25. The third kappa shape index (κ3) is 4.02. The average Bonchev–Trinajstić information content (AvgIpc) is 3.28. The molecule has 3 aromatic rings. The van der Waals surface area contributed by atoms with Gasteiger partial charge in [0, 0.05) is 12.1 Å². The highest BCUT2D eigenvalue weighted by atomic mass is 32.2. The van der Waals surface area contributed by atoms with E-state index in [2.05, 4.69) is 20.3 Å². The highest BCUT2D eigenvalue weighted by Gasteiger charge is 2.17. The van der Waals surface area contributed by atoms with Gasteiger partial charge in [-0.25, -0.2) is 9.50 Å². The van der Waals surface area contributed by atoms with E-state index in [-0.39, 0.29) is 5.91 Å². The second-order valence-electron chi connectivity index (χ2n) is 6.65. The maximum absolute atomic E-state index is 11.8. The molecule has 1 aromatic carbocycles. The Bertz CT molecular complexity index is 1030. The fraction of sp³-hybridized carbons (Fsp3) is 0.250. The molecule has 0 saturated carbocycles. The van der Waals surface area contributed by atoms with Gasteiger partial charge in [0.15, 0.2) is 5.65 Å². The first-order chi connectivity index (χ1) is 13.6. The van der Waals surface area contributed by atoms with E-state index >= 15 is 0 Å². The number of hydrogen-bond donors (Lipinski definition) is 1. The van der Waals surface area contributed by atoms with Gasteiger partial charge in [-0.1, -0.05) is 11.8 Å². The molecule has 1 saturated heterocycles. The maximum Gasteiger partial charge on any atom is 0.258 e. The molecular weight excluding hydrogens is 374 g/mol. The average molecular weight is 395 g/mol. The Balaban J connectivity index is 1.58. The Morgan fingerprint density at radius 2 is 2.07 bits per heavy atom. The monoisotopic (exact) mass is 395 g/mol. The minimum atomic E-state index is -0.0531. The number of aromatic nitrogens is 3. The molecule has 1 amide bonds. The van der Waals surface area contributed by atoms with Crippen LogP contribution in [0.15, 0.2) is 47.5 Å². The van der Waals surface area contributed by atoms with Crippen molar-refractivity contribution in [2.45, 2.75) is 0 Å². The van der Waals surface area contributed by atoms with E-state index in [0.717, 1.165) is 34.9 Å². The molecule has 28 heavy (non-hydrogen) atoms. The molecule has 7 nitrogen and oxygen atoms in total. The molecule has 8 heteroatoms. The van der Waals surface area contributed by atoms with Crippen LogP contribution in [0, 0.1) is 0 Å². The number of carbonyl (C=O) groups is 1. The van der Waals surface area contributed by atoms with Gasteiger partial charge in [-0.3, -0.25) is 4.79 Å². The molecule has 0 aliphatic carbocycles. The van der Waals surface area contributed by atoms with Gasteiger partial charge in [-0.05, 0) is 56.6 Å². The van der Waals surface area contributed by atoms with Crippen molar-refractivity contribution >= 4 is 29.4 Å². The number of likely N-dealkylation sites (N-methyl/N-ethyl adjacent to an activating group) is 1. The first kappa shape index (κ1) is 18.5. The second kappa shape index (κ2) is 8.04. The van der Waals surface area contributed by atoms with Crippen molar-refractivity contribution < 1.29 is 9.53 Å². The summed E-state index contributed by atoms with van der Waals surface area (Å²) in [7, 11) is 4.04. The standard InChI is InChI=1S/C20H21N5O2S/c1-24(2)9-10-27-16-6-3-14(4-7-16)17-12-21-19-8-5-15(23-25(17)19)11-18-20(26)22-13-28-18/h3-8,11-12H,9-10,13H2,1-2H3,(H,22,26)/b18-11-. The number of nitrogens with zero attached hydrogens (tertiary/aromatic N) is 4. The van der Waals surface area contributed by atoms with Crippen molar-refractivity contribution in [2.24, 2.45) is 0 Å². The molecule has 3 heterocycles. The smallest absolute Gasteiger partial charge is 0.258 e. The summed E-state index contributed by atoms with van der Waals surface area (Å²) in [5, 5.41) is 7.43. The normalized spacial score (nSPS) is 15.5. The van der Waals surface area contributed by atoms with Crippen LogP contribution < -0.4 is 10.1 Å². The van der Waals surface area contributed by atoms with Gasteiger partial charge >= 0.3 is 0 Å². The van der Waals surface area contributed by atoms with Gasteiger partial charge < -0.3 is 15.0 Å². The van der Waals surface area contributed by atoms with E-state index in [0.29, 0.717) is 17.4 Å². The minimum absolute atomic E-state index is 0.0531. The summed E-state index contributed by atoms with van der Waals surface area (Å²) in [4.78, 5) is 19.0. The highest BCUT2D eigenvalue weighted by molar-refractivity contribution is 8.04. The van der Waals surface area contributed by atoms with Crippen molar-refractivity contribution in [1.29, 1.82) is 0 Å². The van der Waals surface area contributed by atoms with Crippen molar-refractivity contribution in [1.82, 2.24) is 24.8 Å². The van der Waals surface area contributed by atoms with Gasteiger partial charge in [-0.15, -0.1) is 0 Å². The van der Waals surface area contributed by atoms with Crippen LogP contribution in [0.2, 0.25) is 0 Å². The number of thioether (sulfide) groups is 1. The fourth-order valence-electron chi connectivity index (χ4n) is 2.80. The predicted molar refractivity (Wildman–Crippen MR) is 111 cm³/mol. The summed E-state index contributed by atoms with van der Waals surface area (Å²) in [6, 6.07) is 11.7. The Hall–Kier alpha value is -2.84. The van der Waals surface area contributed by atoms with Gasteiger partial charge in [-0.2, -0.15) is 5.10 Å². The van der Waals surface area contributed by atoms with E-state index in [1.807, 2.05) is 50.5 Å². The first-order valence-electron chi connectivity index (χ1n) is 8.95. The maximum atomic E-state index is 11.8. The number of ether oxygens (including phenoxy) is 1. The largest absolute Gasteiger partial charge is 0.492 e.